The van der Waals surface area contributed by atoms with E-state index < -0.39 is 9.84 Å². The maximum Gasteiger partial charge on any atom is 0.229 e. The second-order valence-corrected chi connectivity index (χ2v) is 10.1. The second kappa shape index (κ2) is 10.1. The molecule has 0 aliphatic heterocycles. The fourth-order valence-electron chi connectivity index (χ4n) is 4.22. The van der Waals surface area contributed by atoms with Gasteiger partial charge in [-0.25, -0.2) is 13.4 Å². The van der Waals surface area contributed by atoms with Crippen molar-refractivity contribution in [2.24, 2.45) is 0 Å². The summed E-state index contributed by atoms with van der Waals surface area (Å²) in [5, 5.41) is 4.79. The number of rotatable bonds is 6. The van der Waals surface area contributed by atoms with Gasteiger partial charge < -0.3 is 13.8 Å². The van der Waals surface area contributed by atoms with E-state index in [1.54, 1.807) is 31.0 Å². The van der Waals surface area contributed by atoms with Gasteiger partial charge in [0.05, 0.1) is 53.6 Å². The van der Waals surface area contributed by atoms with Gasteiger partial charge in [0.15, 0.2) is 0 Å². The molecule has 0 amide bonds. The standard InChI is InChI=1S/C24H23N5O4S.C2H6/c1-5-34(30,31)24-27-20-12-26-19-10-18(22-14(2)28-33-15(22)3)21(32-4)11-17(19)23(20)29(24)13-16-8-6-7-9-25-16;1-2/h6-12H,5,13H2,1-4H3;1-2H3. The van der Waals surface area contributed by atoms with Gasteiger partial charge in [-0.05, 0) is 38.1 Å². The smallest absolute Gasteiger partial charge is 0.229 e. The normalized spacial score (nSPS) is 11.5. The maximum absolute atomic E-state index is 13.0. The van der Waals surface area contributed by atoms with Gasteiger partial charge in [-0.3, -0.25) is 9.97 Å². The summed E-state index contributed by atoms with van der Waals surface area (Å²) in [4.78, 5) is 13.5. The molecule has 1 aromatic carbocycles. The number of methoxy groups -OCH3 is 1. The Kier molecular flexibility index (Phi) is 7.07. The number of benzene rings is 1. The van der Waals surface area contributed by atoms with E-state index in [0.717, 1.165) is 27.9 Å². The molecule has 0 N–H and O–H groups in total. The van der Waals surface area contributed by atoms with Crippen LogP contribution in [0, 0.1) is 13.8 Å². The van der Waals surface area contributed by atoms with Crippen LogP contribution in [0.3, 0.4) is 0 Å². The number of hydrogen-bond acceptors (Lipinski definition) is 8. The highest BCUT2D eigenvalue weighted by molar-refractivity contribution is 7.91. The molecule has 0 unspecified atom stereocenters. The summed E-state index contributed by atoms with van der Waals surface area (Å²) >= 11 is 0. The summed E-state index contributed by atoms with van der Waals surface area (Å²) in [5.41, 5.74) is 4.93. The zero-order valence-corrected chi connectivity index (χ0v) is 22.0. The monoisotopic (exact) mass is 507 g/mol. The summed E-state index contributed by atoms with van der Waals surface area (Å²) in [6.45, 7) is 9.57. The number of hydrogen-bond donors (Lipinski definition) is 0. The van der Waals surface area contributed by atoms with Gasteiger partial charge in [-0.1, -0.05) is 32.0 Å². The van der Waals surface area contributed by atoms with Gasteiger partial charge in [-0.15, -0.1) is 0 Å². The summed E-state index contributed by atoms with van der Waals surface area (Å²) < 4.78 is 38.7. The highest BCUT2D eigenvalue weighted by Gasteiger charge is 2.25. The van der Waals surface area contributed by atoms with E-state index in [2.05, 4.69) is 20.1 Å². The Labute approximate surface area is 210 Å². The summed E-state index contributed by atoms with van der Waals surface area (Å²) in [6.07, 6.45) is 3.28. The van der Waals surface area contributed by atoms with Crippen LogP contribution in [0.1, 0.15) is 37.9 Å². The van der Waals surface area contributed by atoms with E-state index in [-0.39, 0.29) is 17.5 Å². The third kappa shape index (κ3) is 4.32. The Bertz CT molecular complexity index is 1620. The minimum atomic E-state index is -3.61. The van der Waals surface area contributed by atoms with E-state index in [4.69, 9.17) is 9.26 Å². The predicted octanol–water partition coefficient (Wildman–Crippen LogP) is 5.13. The van der Waals surface area contributed by atoms with E-state index in [9.17, 15) is 8.42 Å². The number of ether oxygens (including phenoxy) is 1. The lowest BCUT2D eigenvalue weighted by Crippen LogP contribution is -2.14. The molecule has 36 heavy (non-hydrogen) atoms. The molecule has 0 atom stereocenters. The number of aromatic nitrogens is 5. The summed E-state index contributed by atoms with van der Waals surface area (Å²) in [5.74, 6) is 1.21. The Morgan fingerprint density at radius 3 is 2.47 bits per heavy atom. The quantitative estimate of drug-likeness (QED) is 0.311. The van der Waals surface area contributed by atoms with Crippen molar-refractivity contribution in [3.8, 4) is 16.9 Å². The van der Waals surface area contributed by atoms with E-state index in [0.29, 0.717) is 28.1 Å². The van der Waals surface area contributed by atoms with Crippen molar-refractivity contribution in [2.45, 2.75) is 46.3 Å². The van der Waals surface area contributed by atoms with Crippen LogP contribution in [0.2, 0.25) is 0 Å². The van der Waals surface area contributed by atoms with Crippen LogP contribution in [0.4, 0.5) is 0 Å². The topological polar surface area (TPSA) is 113 Å². The fourth-order valence-corrected chi connectivity index (χ4v) is 5.21. The lowest BCUT2D eigenvalue weighted by atomic mass is 10.0. The van der Waals surface area contributed by atoms with Gasteiger partial charge >= 0.3 is 0 Å². The molecule has 5 aromatic rings. The van der Waals surface area contributed by atoms with Crippen LogP contribution in [0.5, 0.6) is 5.75 Å². The first kappa shape index (κ1) is 25.3. The van der Waals surface area contributed by atoms with Crippen LogP contribution in [0.25, 0.3) is 33.1 Å². The van der Waals surface area contributed by atoms with Gasteiger partial charge in [0.25, 0.3) is 0 Å². The van der Waals surface area contributed by atoms with Gasteiger partial charge in [0.2, 0.25) is 15.0 Å². The molecule has 0 saturated carbocycles. The highest BCUT2D eigenvalue weighted by atomic mass is 32.2. The average molecular weight is 508 g/mol. The lowest BCUT2D eigenvalue weighted by Gasteiger charge is -2.13. The first-order valence-corrected chi connectivity index (χ1v) is 13.4. The molecule has 4 heterocycles. The van der Waals surface area contributed by atoms with Crippen LogP contribution in [-0.2, 0) is 16.4 Å². The molecule has 0 aliphatic rings. The van der Waals surface area contributed by atoms with Gasteiger partial charge in [-0.2, -0.15) is 0 Å². The molecule has 0 saturated heterocycles. The predicted molar refractivity (Wildman–Crippen MR) is 139 cm³/mol. The molecule has 0 radical (unpaired) electrons. The molecule has 0 bridgehead atoms. The Hall–Kier alpha value is -3.79. The second-order valence-electron chi connectivity index (χ2n) is 7.97. The zero-order chi connectivity index (χ0) is 26.0. The number of pyridine rings is 2. The Balaban J connectivity index is 0.00000148. The number of imidazole rings is 1. The summed E-state index contributed by atoms with van der Waals surface area (Å²) in [6, 6.07) is 9.32. The maximum atomic E-state index is 13.0. The van der Waals surface area contributed by atoms with Crippen molar-refractivity contribution in [2.75, 3.05) is 12.9 Å². The van der Waals surface area contributed by atoms with Crippen LogP contribution >= 0.6 is 0 Å². The minimum absolute atomic E-state index is 0.00119. The number of sulfone groups is 1. The molecule has 9 nitrogen and oxygen atoms in total. The fraction of sp³-hybridized carbons (Fsp3) is 0.308. The SMILES string of the molecule is CC.CCS(=O)(=O)c1nc2cnc3cc(-c4c(C)noc4C)c(OC)cc3c2n1Cc1ccccn1. The van der Waals surface area contributed by atoms with Crippen molar-refractivity contribution in [1.82, 2.24) is 24.7 Å². The molecule has 5 rings (SSSR count). The summed E-state index contributed by atoms with van der Waals surface area (Å²) in [7, 11) is -2.01. The van der Waals surface area contributed by atoms with Crippen LogP contribution in [-0.4, -0.2) is 46.0 Å². The molecule has 0 fully saturated rings. The van der Waals surface area contributed by atoms with Gasteiger partial charge in [0, 0.05) is 17.1 Å². The van der Waals surface area contributed by atoms with Crippen molar-refractivity contribution >= 4 is 31.8 Å². The van der Waals surface area contributed by atoms with Crippen LogP contribution < -0.4 is 4.74 Å². The third-order valence-electron chi connectivity index (χ3n) is 5.87. The molecule has 0 aliphatic carbocycles. The van der Waals surface area contributed by atoms with Crippen LogP contribution in [0.15, 0.2) is 52.4 Å². The third-order valence-corrected chi connectivity index (χ3v) is 7.49. The number of nitrogens with zero attached hydrogens (tertiary/aromatic N) is 5. The molecule has 10 heteroatoms. The zero-order valence-electron chi connectivity index (χ0n) is 21.2. The van der Waals surface area contributed by atoms with Gasteiger partial charge in [0.1, 0.15) is 17.0 Å². The van der Waals surface area contributed by atoms with Crippen molar-refractivity contribution < 1.29 is 17.7 Å². The molecular weight excluding hydrogens is 478 g/mol. The van der Waals surface area contributed by atoms with E-state index in [1.807, 2.05) is 58.0 Å². The first-order chi connectivity index (χ1) is 17.3. The molecule has 188 valence electrons. The number of fused-ring (bicyclic) bond motifs is 3. The molecular formula is C26H29N5O4S. The Morgan fingerprint density at radius 1 is 1.08 bits per heavy atom. The van der Waals surface area contributed by atoms with Crippen molar-refractivity contribution in [3.05, 3.63) is 59.9 Å². The van der Waals surface area contributed by atoms with Crippen molar-refractivity contribution in [1.29, 1.82) is 0 Å². The lowest BCUT2D eigenvalue weighted by molar-refractivity contribution is 0.393. The van der Waals surface area contributed by atoms with E-state index in [1.165, 1.54) is 0 Å². The molecule has 0 spiro atoms. The minimum Gasteiger partial charge on any atom is -0.496 e. The number of aryl methyl sites for hydroxylation is 2. The largest absolute Gasteiger partial charge is 0.496 e. The molecule has 4 aromatic heterocycles. The van der Waals surface area contributed by atoms with E-state index >= 15 is 0 Å². The average Bonchev–Trinajstić information content (AvgIpc) is 3.44. The highest BCUT2D eigenvalue weighted by Crippen LogP contribution is 2.39. The first-order valence-electron chi connectivity index (χ1n) is 11.8. The van der Waals surface area contributed by atoms with Crippen molar-refractivity contribution in [3.63, 3.8) is 0 Å². The Morgan fingerprint density at radius 2 is 1.86 bits per heavy atom.